The molecule has 0 saturated carbocycles. The third-order valence-corrected chi connectivity index (χ3v) is 9.95. The minimum atomic E-state index is -0.139. The van der Waals surface area contributed by atoms with E-state index in [0.717, 1.165) is 24.4 Å². The first-order valence-corrected chi connectivity index (χ1v) is 15.4. The van der Waals surface area contributed by atoms with E-state index in [1.54, 1.807) is 0 Å². The summed E-state index contributed by atoms with van der Waals surface area (Å²) in [5.41, 5.74) is 8.60. The molecule has 1 aromatic heterocycles. The fourth-order valence-electron chi connectivity index (χ4n) is 8.00. The summed E-state index contributed by atoms with van der Waals surface area (Å²) in [6.07, 6.45) is 9.23. The van der Waals surface area contributed by atoms with Crippen LogP contribution < -0.4 is 0 Å². The van der Waals surface area contributed by atoms with Crippen LogP contribution in [0.2, 0.25) is 0 Å². The molecule has 5 aromatic carbocycles. The second-order valence-electron chi connectivity index (χ2n) is 12.8. The number of nitrogens with zero attached hydrogens (tertiary/aromatic N) is 3. The average Bonchev–Trinajstić information content (AvgIpc) is 3.46. The van der Waals surface area contributed by atoms with Gasteiger partial charge in [-0.05, 0) is 69.8 Å². The van der Waals surface area contributed by atoms with Crippen molar-refractivity contribution in [2.24, 2.45) is 4.99 Å². The van der Waals surface area contributed by atoms with Gasteiger partial charge in [0.2, 0.25) is 0 Å². The van der Waals surface area contributed by atoms with Gasteiger partial charge in [0.25, 0.3) is 0 Å². The Morgan fingerprint density at radius 3 is 1.91 bits per heavy atom. The minimum Gasteiger partial charge on any atom is -0.361 e. The first kappa shape index (κ1) is 24.7. The van der Waals surface area contributed by atoms with Gasteiger partial charge >= 0.3 is 0 Å². The van der Waals surface area contributed by atoms with E-state index in [-0.39, 0.29) is 11.5 Å². The maximum absolute atomic E-state index is 5.73. The standard InChI is InChI=1S/C40H33N3/c1-40(2)33-20-12-11-19-30(33)36-38(40)42(3)37(25-13-5-4-6-14-25)39(41-36)43-34-23-28-17-9-7-15-26(28)21-31(34)32-22-27-16-8-10-18-29(27)24-35(32)43/h5,7-24,37H,4,6H2,1-3H3. The van der Waals surface area contributed by atoms with Crippen LogP contribution in [0.5, 0.6) is 0 Å². The van der Waals surface area contributed by atoms with Crippen molar-refractivity contribution >= 4 is 54.9 Å². The highest BCUT2D eigenvalue weighted by atomic mass is 15.3. The Kier molecular flexibility index (Phi) is 5.06. The fourth-order valence-corrected chi connectivity index (χ4v) is 8.00. The van der Waals surface area contributed by atoms with Crippen molar-refractivity contribution in [3.8, 4) is 0 Å². The van der Waals surface area contributed by atoms with Crippen LogP contribution in [0.25, 0.3) is 49.0 Å². The first-order chi connectivity index (χ1) is 21.0. The molecular formula is C40H33N3. The van der Waals surface area contributed by atoms with Gasteiger partial charge in [-0.3, -0.25) is 4.57 Å². The number of fused-ring (bicyclic) bond motifs is 7. The summed E-state index contributed by atoms with van der Waals surface area (Å²) in [5, 5.41) is 7.54. The van der Waals surface area contributed by atoms with Gasteiger partial charge in [-0.15, -0.1) is 0 Å². The van der Waals surface area contributed by atoms with Gasteiger partial charge in [0.1, 0.15) is 11.9 Å². The third-order valence-electron chi connectivity index (χ3n) is 9.95. The summed E-state index contributed by atoms with van der Waals surface area (Å²) >= 11 is 0. The molecule has 208 valence electrons. The molecule has 43 heavy (non-hydrogen) atoms. The molecule has 0 fully saturated rings. The summed E-state index contributed by atoms with van der Waals surface area (Å²) in [6.45, 7) is 4.71. The van der Waals surface area contributed by atoms with Crippen LogP contribution in [0, 0.1) is 0 Å². The zero-order chi connectivity index (χ0) is 28.9. The van der Waals surface area contributed by atoms with Crippen molar-refractivity contribution in [2.45, 2.75) is 38.1 Å². The molecule has 3 heteroatoms. The van der Waals surface area contributed by atoms with E-state index in [1.807, 2.05) is 0 Å². The largest absolute Gasteiger partial charge is 0.361 e. The van der Waals surface area contributed by atoms with Crippen LogP contribution in [0.3, 0.4) is 0 Å². The van der Waals surface area contributed by atoms with Crippen LogP contribution in [0.15, 0.2) is 132 Å². The predicted octanol–water partition coefficient (Wildman–Crippen LogP) is 9.60. The average molecular weight is 556 g/mol. The van der Waals surface area contributed by atoms with E-state index in [2.05, 4.69) is 146 Å². The SMILES string of the molecule is CN1C2=C(N=C(n3c4cc5ccccc5cc4c4cc5ccccc5cc43)C1C1=CCCC=C1)c1ccccc1C2(C)C. The lowest BCUT2D eigenvalue weighted by molar-refractivity contribution is 0.341. The van der Waals surface area contributed by atoms with Crippen molar-refractivity contribution in [1.29, 1.82) is 0 Å². The highest BCUT2D eigenvalue weighted by Gasteiger charge is 2.46. The van der Waals surface area contributed by atoms with Crippen molar-refractivity contribution in [3.63, 3.8) is 0 Å². The molecule has 2 aliphatic carbocycles. The van der Waals surface area contributed by atoms with Gasteiger partial charge in [0, 0.05) is 28.8 Å². The van der Waals surface area contributed by atoms with Crippen molar-refractivity contribution in [3.05, 3.63) is 138 Å². The van der Waals surface area contributed by atoms with E-state index >= 15 is 0 Å². The lowest BCUT2D eigenvalue weighted by Gasteiger charge is -2.41. The normalized spacial score (nSPS) is 19.3. The summed E-state index contributed by atoms with van der Waals surface area (Å²) in [4.78, 5) is 8.26. The van der Waals surface area contributed by atoms with E-state index in [0.29, 0.717) is 0 Å². The number of likely N-dealkylation sites (N-methyl/N-ethyl adjacent to an activating group) is 1. The number of hydrogen-bond donors (Lipinski definition) is 0. The molecule has 6 aromatic rings. The lowest BCUT2D eigenvalue weighted by Crippen LogP contribution is -2.47. The van der Waals surface area contributed by atoms with Crippen LogP contribution in [0.4, 0.5) is 0 Å². The van der Waals surface area contributed by atoms with Gasteiger partial charge in [-0.2, -0.15) is 0 Å². The lowest BCUT2D eigenvalue weighted by atomic mass is 9.83. The van der Waals surface area contributed by atoms with E-state index in [9.17, 15) is 0 Å². The highest BCUT2D eigenvalue weighted by molar-refractivity contribution is 6.21. The second-order valence-corrected chi connectivity index (χ2v) is 12.8. The summed E-state index contributed by atoms with van der Waals surface area (Å²) in [5.74, 6) is 1.07. The predicted molar refractivity (Wildman–Crippen MR) is 182 cm³/mol. The zero-order valence-corrected chi connectivity index (χ0v) is 24.8. The van der Waals surface area contributed by atoms with Gasteiger partial charge < -0.3 is 4.90 Å². The Labute approximate surface area is 251 Å². The summed E-state index contributed by atoms with van der Waals surface area (Å²) < 4.78 is 2.48. The van der Waals surface area contributed by atoms with Crippen LogP contribution in [-0.2, 0) is 5.41 Å². The van der Waals surface area contributed by atoms with Gasteiger partial charge in [-0.1, -0.05) is 105 Å². The molecule has 2 heterocycles. The number of allylic oxidation sites excluding steroid dienone is 3. The number of rotatable bonds is 1. The molecule has 0 radical (unpaired) electrons. The Morgan fingerprint density at radius 1 is 0.721 bits per heavy atom. The highest BCUT2D eigenvalue weighted by Crippen LogP contribution is 2.51. The van der Waals surface area contributed by atoms with Gasteiger partial charge in [-0.25, -0.2) is 4.99 Å². The molecule has 0 saturated heterocycles. The van der Waals surface area contributed by atoms with Crippen LogP contribution in [0.1, 0.15) is 37.8 Å². The van der Waals surface area contributed by atoms with Gasteiger partial charge in [0.05, 0.1) is 22.4 Å². The molecule has 1 unspecified atom stereocenters. The fraction of sp³-hybridized carbons (Fsp3) is 0.175. The maximum atomic E-state index is 5.73. The monoisotopic (exact) mass is 555 g/mol. The summed E-state index contributed by atoms with van der Waals surface area (Å²) in [7, 11) is 2.28. The number of aliphatic imine (C=N–C) groups is 1. The van der Waals surface area contributed by atoms with Crippen molar-refractivity contribution in [2.75, 3.05) is 7.05 Å². The maximum Gasteiger partial charge on any atom is 0.141 e. The minimum absolute atomic E-state index is 0.0133. The Bertz CT molecular complexity index is 2190. The van der Waals surface area contributed by atoms with E-state index < -0.39 is 0 Å². The van der Waals surface area contributed by atoms with Crippen molar-refractivity contribution < 1.29 is 0 Å². The quantitative estimate of drug-likeness (QED) is 0.198. The molecule has 1 aliphatic heterocycles. The Balaban J connectivity index is 1.43. The molecule has 0 spiro atoms. The van der Waals surface area contributed by atoms with Gasteiger partial charge in [0.15, 0.2) is 0 Å². The second kappa shape index (κ2) is 8.81. The summed E-state index contributed by atoms with van der Waals surface area (Å²) in [6, 6.07) is 35.8. The number of benzene rings is 5. The number of aromatic nitrogens is 1. The van der Waals surface area contributed by atoms with Crippen LogP contribution >= 0.6 is 0 Å². The van der Waals surface area contributed by atoms with Crippen molar-refractivity contribution in [1.82, 2.24) is 9.47 Å². The molecule has 9 rings (SSSR count). The van der Waals surface area contributed by atoms with E-state index in [1.165, 1.54) is 65.7 Å². The third kappa shape index (κ3) is 3.39. The van der Waals surface area contributed by atoms with E-state index in [4.69, 9.17) is 4.99 Å². The number of hydrogen-bond acceptors (Lipinski definition) is 2. The first-order valence-electron chi connectivity index (χ1n) is 15.4. The molecule has 0 bridgehead atoms. The van der Waals surface area contributed by atoms with Crippen LogP contribution in [-0.4, -0.2) is 28.4 Å². The molecule has 3 nitrogen and oxygen atoms in total. The smallest absolute Gasteiger partial charge is 0.141 e. The zero-order valence-electron chi connectivity index (χ0n) is 24.8. The Morgan fingerprint density at radius 2 is 1.30 bits per heavy atom. The molecule has 0 amide bonds. The topological polar surface area (TPSA) is 20.5 Å². The molecule has 3 aliphatic rings. The Hall–Kier alpha value is -4.89. The molecular weight excluding hydrogens is 522 g/mol. The molecule has 1 atom stereocenters. The molecule has 0 N–H and O–H groups in total.